The van der Waals surface area contributed by atoms with E-state index in [0.29, 0.717) is 32.2 Å². The average molecular weight is 459 g/mol. The largest absolute Gasteiger partial charge is 0.466 e. The van der Waals surface area contributed by atoms with E-state index in [1.807, 2.05) is 39.0 Å². The summed E-state index contributed by atoms with van der Waals surface area (Å²) in [6, 6.07) is 4.94. The monoisotopic (exact) mass is 458 g/mol. The summed E-state index contributed by atoms with van der Waals surface area (Å²) in [4.78, 5) is 42.0. The molecule has 180 valence electrons. The lowest BCUT2D eigenvalue weighted by Crippen LogP contribution is -2.53. The van der Waals surface area contributed by atoms with Crippen molar-refractivity contribution in [1.82, 2.24) is 4.90 Å². The summed E-state index contributed by atoms with van der Waals surface area (Å²) >= 11 is 0. The van der Waals surface area contributed by atoms with Gasteiger partial charge in [-0.05, 0) is 64.5 Å². The number of amides is 2. The minimum atomic E-state index is -1.07. The number of anilines is 1. The first-order chi connectivity index (χ1) is 15.7. The second-order valence-electron chi connectivity index (χ2n) is 9.70. The Hall–Kier alpha value is -2.45. The van der Waals surface area contributed by atoms with Gasteiger partial charge >= 0.3 is 5.97 Å². The molecule has 0 aliphatic carbocycles. The van der Waals surface area contributed by atoms with Gasteiger partial charge in [-0.15, -0.1) is 0 Å². The molecule has 3 fully saturated rings. The highest BCUT2D eigenvalue weighted by atomic mass is 16.6. The van der Waals surface area contributed by atoms with Gasteiger partial charge in [0.1, 0.15) is 17.6 Å². The van der Waals surface area contributed by atoms with Gasteiger partial charge in [-0.3, -0.25) is 14.4 Å². The number of aliphatic hydroxyl groups excluding tert-OH is 1. The van der Waals surface area contributed by atoms with Crippen LogP contribution in [0.3, 0.4) is 0 Å². The van der Waals surface area contributed by atoms with Crippen molar-refractivity contribution in [3.8, 4) is 0 Å². The van der Waals surface area contributed by atoms with E-state index in [0.717, 1.165) is 16.8 Å². The van der Waals surface area contributed by atoms with E-state index < -0.39 is 35.0 Å². The first-order valence-corrected chi connectivity index (χ1v) is 11.9. The Balaban J connectivity index is 1.73. The minimum absolute atomic E-state index is 0.00981. The van der Waals surface area contributed by atoms with Gasteiger partial charge in [0, 0.05) is 18.8 Å². The van der Waals surface area contributed by atoms with Gasteiger partial charge in [0.2, 0.25) is 11.8 Å². The summed E-state index contributed by atoms with van der Waals surface area (Å²) in [5.74, 6) is -2.47. The molecule has 4 rings (SSSR count). The number of nitrogens with zero attached hydrogens (tertiary/aromatic N) is 1. The fourth-order valence-electron chi connectivity index (χ4n) is 6.15. The zero-order chi connectivity index (χ0) is 24.0. The number of benzene rings is 1. The second kappa shape index (κ2) is 8.72. The van der Waals surface area contributed by atoms with Crippen LogP contribution in [0, 0.1) is 25.7 Å². The number of aryl methyl sites for hydroxylation is 2. The molecule has 0 saturated carbocycles. The number of aliphatic hydroxyl groups is 1. The number of fused-ring (bicyclic) bond motifs is 1. The van der Waals surface area contributed by atoms with E-state index in [2.05, 4.69) is 5.32 Å². The van der Waals surface area contributed by atoms with Crippen molar-refractivity contribution >= 4 is 23.5 Å². The van der Waals surface area contributed by atoms with Crippen LogP contribution in [0.15, 0.2) is 18.2 Å². The lowest BCUT2D eigenvalue weighted by Gasteiger charge is -2.33. The van der Waals surface area contributed by atoms with E-state index in [-0.39, 0.29) is 25.0 Å². The lowest BCUT2D eigenvalue weighted by atomic mass is 9.66. The van der Waals surface area contributed by atoms with Gasteiger partial charge in [0.15, 0.2) is 0 Å². The summed E-state index contributed by atoms with van der Waals surface area (Å²) in [6.45, 7) is 7.99. The van der Waals surface area contributed by atoms with Crippen molar-refractivity contribution in [2.24, 2.45) is 11.8 Å². The molecule has 8 nitrogen and oxygen atoms in total. The molecule has 3 saturated heterocycles. The maximum atomic E-state index is 13.8. The molecule has 1 spiro atoms. The van der Waals surface area contributed by atoms with Crippen LogP contribution in [-0.2, 0) is 23.9 Å². The van der Waals surface area contributed by atoms with Gasteiger partial charge in [0.25, 0.3) is 0 Å². The number of hydrogen-bond acceptors (Lipinski definition) is 6. The van der Waals surface area contributed by atoms with Gasteiger partial charge in [-0.1, -0.05) is 18.2 Å². The summed E-state index contributed by atoms with van der Waals surface area (Å²) in [6.07, 6.45) is 2.18. The highest BCUT2D eigenvalue weighted by molar-refractivity contribution is 6.04. The van der Waals surface area contributed by atoms with Crippen LogP contribution in [0.5, 0.6) is 0 Å². The molecule has 3 heterocycles. The van der Waals surface area contributed by atoms with E-state index >= 15 is 0 Å². The molecular weight excluding hydrogens is 424 g/mol. The van der Waals surface area contributed by atoms with Crippen molar-refractivity contribution in [3.63, 3.8) is 0 Å². The predicted molar refractivity (Wildman–Crippen MR) is 121 cm³/mol. The third-order valence-electron chi connectivity index (χ3n) is 7.60. The molecule has 5 atom stereocenters. The fraction of sp³-hybridized carbons (Fsp3) is 0.640. The van der Waals surface area contributed by atoms with E-state index in [9.17, 15) is 19.5 Å². The maximum absolute atomic E-state index is 13.8. The molecule has 8 heteroatoms. The number of carbonyl (C=O) groups excluding carboxylic acids is 3. The summed E-state index contributed by atoms with van der Waals surface area (Å²) in [5, 5.41) is 12.3. The number of unbranched alkanes of at least 4 members (excludes halogenated alkanes) is 1. The Morgan fingerprint density at radius 1 is 1.24 bits per heavy atom. The van der Waals surface area contributed by atoms with Crippen LogP contribution in [0.1, 0.15) is 50.7 Å². The van der Waals surface area contributed by atoms with E-state index in [1.54, 1.807) is 11.8 Å². The number of rotatable bonds is 8. The highest BCUT2D eigenvalue weighted by Gasteiger charge is 2.78. The number of para-hydroxylation sites is 1. The van der Waals surface area contributed by atoms with Crippen molar-refractivity contribution in [2.45, 2.75) is 70.6 Å². The van der Waals surface area contributed by atoms with Crippen LogP contribution in [0.2, 0.25) is 0 Å². The smallest absolute Gasteiger partial charge is 0.312 e. The van der Waals surface area contributed by atoms with E-state index in [1.165, 1.54) is 0 Å². The standard InChI is InChI=1S/C25H34N2O6/c1-5-32-23(31)18-17-22(30)27(13-6-7-14-28)20(25(17)12-11-24(18,4)33-25)21(29)26-19-15(2)9-8-10-16(19)3/h8-10,17-18,20,28H,5-7,11-14H2,1-4H3,(H,26,29)/t17-,18-,20?,24+,25?/m0/s1. The van der Waals surface area contributed by atoms with Crippen molar-refractivity contribution in [1.29, 1.82) is 0 Å². The summed E-state index contributed by atoms with van der Waals surface area (Å²) in [7, 11) is 0. The Kier molecular flexibility index (Phi) is 6.26. The zero-order valence-electron chi connectivity index (χ0n) is 19.8. The number of hydrogen-bond donors (Lipinski definition) is 2. The SMILES string of the molecule is CCOC(=O)[C@@H]1[C@H]2C(=O)N(CCCCO)C(C(=O)Nc3c(C)cccc3C)C23CC[C@@]1(C)O3. The number of carbonyl (C=O) groups is 3. The third-order valence-corrected chi connectivity index (χ3v) is 7.60. The number of ether oxygens (including phenoxy) is 2. The van der Waals surface area contributed by atoms with Crippen molar-refractivity contribution in [3.05, 3.63) is 29.3 Å². The Labute approximate surface area is 194 Å². The first-order valence-electron chi connectivity index (χ1n) is 11.9. The van der Waals surface area contributed by atoms with Gasteiger partial charge in [0.05, 0.1) is 18.1 Å². The van der Waals surface area contributed by atoms with Gasteiger partial charge in [-0.25, -0.2) is 0 Å². The topological polar surface area (TPSA) is 105 Å². The average Bonchev–Trinajstić information content (AvgIpc) is 3.32. The maximum Gasteiger partial charge on any atom is 0.312 e. The molecule has 3 aliphatic heterocycles. The third kappa shape index (κ3) is 3.64. The molecule has 2 amide bonds. The Morgan fingerprint density at radius 2 is 1.94 bits per heavy atom. The fourth-order valence-corrected chi connectivity index (χ4v) is 6.15. The first kappa shape index (κ1) is 23.7. The minimum Gasteiger partial charge on any atom is -0.466 e. The lowest BCUT2D eigenvalue weighted by molar-refractivity contribution is -0.158. The number of likely N-dealkylation sites (tertiary alicyclic amines) is 1. The van der Waals surface area contributed by atoms with Crippen LogP contribution in [0.25, 0.3) is 0 Å². The molecule has 33 heavy (non-hydrogen) atoms. The van der Waals surface area contributed by atoms with Crippen molar-refractivity contribution < 1.29 is 29.0 Å². The molecule has 1 aromatic carbocycles. The number of nitrogens with one attached hydrogen (secondary N) is 1. The van der Waals surface area contributed by atoms with Crippen LogP contribution in [-0.4, -0.2) is 64.8 Å². The van der Waals surface area contributed by atoms with Gasteiger partial charge in [-0.2, -0.15) is 0 Å². The van der Waals surface area contributed by atoms with Crippen LogP contribution < -0.4 is 5.32 Å². The second-order valence-corrected chi connectivity index (χ2v) is 9.70. The number of esters is 1. The van der Waals surface area contributed by atoms with Crippen molar-refractivity contribution in [2.75, 3.05) is 25.1 Å². The zero-order valence-corrected chi connectivity index (χ0v) is 19.8. The molecule has 0 aromatic heterocycles. The normalized spacial score (nSPS) is 32.2. The molecule has 2 unspecified atom stereocenters. The van der Waals surface area contributed by atoms with Crippen LogP contribution >= 0.6 is 0 Å². The molecule has 2 bridgehead atoms. The molecular formula is C25H34N2O6. The summed E-state index contributed by atoms with van der Waals surface area (Å²) < 4.78 is 11.8. The Morgan fingerprint density at radius 3 is 2.58 bits per heavy atom. The summed E-state index contributed by atoms with van der Waals surface area (Å²) in [5.41, 5.74) is 0.693. The predicted octanol–water partition coefficient (Wildman–Crippen LogP) is 2.34. The molecule has 2 N–H and O–H groups in total. The van der Waals surface area contributed by atoms with E-state index in [4.69, 9.17) is 9.47 Å². The highest BCUT2D eigenvalue weighted by Crippen LogP contribution is 2.63. The van der Waals surface area contributed by atoms with Gasteiger partial charge < -0.3 is 24.8 Å². The molecule has 3 aliphatic rings. The Bertz CT molecular complexity index is 944. The molecule has 0 radical (unpaired) electrons. The van der Waals surface area contributed by atoms with Crippen LogP contribution in [0.4, 0.5) is 5.69 Å². The molecule has 1 aromatic rings. The quantitative estimate of drug-likeness (QED) is 0.458.